The fourth-order valence-electron chi connectivity index (χ4n) is 3.86. The lowest BCUT2D eigenvalue weighted by molar-refractivity contribution is -0.122. The number of amides is 1. The summed E-state index contributed by atoms with van der Waals surface area (Å²) < 4.78 is 28.8. The Bertz CT molecular complexity index is 1020. The maximum absolute atomic E-state index is 13.4. The van der Waals surface area contributed by atoms with Crippen LogP contribution in [0.15, 0.2) is 51.8 Å². The van der Waals surface area contributed by atoms with Gasteiger partial charge in [0, 0.05) is 27.1 Å². The summed E-state index contributed by atoms with van der Waals surface area (Å²) in [4.78, 5) is 13.0. The minimum Gasteiger partial charge on any atom is -0.352 e. The third-order valence-electron chi connectivity index (χ3n) is 5.60. The zero-order valence-corrected chi connectivity index (χ0v) is 21.6. The fourth-order valence-corrected chi connectivity index (χ4v) is 5.96. The molecule has 32 heavy (non-hydrogen) atoms. The average Bonchev–Trinajstić information content (AvgIpc) is 2.71. The molecule has 5 nitrogen and oxygen atoms in total. The zero-order valence-electron chi connectivity index (χ0n) is 17.7. The first-order valence-electron chi connectivity index (χ1n) is 10.7. The molecule has 0 spiro atoms. The SMILES string of the molecule is O=C(CN(Cc1ccc(Cl)cc1Cl)S(=O)(=O)c1ccc(Br)cc1)NC1CCCCCCC1. The molecule has 1 aliphatic rings. The zero-order chi connectivity index (χ0) is 23.1. The smallest absolute Gasteiger partial charge is 0.243 e. The molecule has 0 saturated heterocycles. The van der Waals surface area contributed by atoms with Gasteiger partial charge in [0.2, 0.25) is 15.9 Å². The molecule has 1 saturated carbocycles. The highest BCUT2D eigenvalue weighted by Gasteiger charge is 2.28. The number of hydrogen-bond acceptors (Lipinski definition) is 3. The molecule has 1 fully saturated rings. The summed E-state index contributed by atoms with van der Waals surface area (Å²) in [5, 5.41) is 3.87. The molecule has 9 heteroatoms. The molecule has 1 aliphatic carbocycles. The minimum absolute atomic E-state index is 0.0352. The van der Waals surface area contributed by atoms with Gasteiger partial charge in [0.25, 0.3) is 0 Å². The van der Waals surface area contributed by atoms with Crippen LogP contribution in [-0.2, 0) is 21.4 Å². The first-order valence-corrected chi connectivity index (χ1v) is 13.7. The Kier molecular flexibility index (Phi) is 9.44. The molecular formula is C23H27BrCl2N2O3S. The Balaban J connectivity index is 1.82. The highest BCUT2D eigenvalue weighted by atomic mass is 79.9. The maximum atomic E-state index is 13.4. The van der Waals surface area contributed by atoms with Gasteiger partial charge in [-0.3, -0.25) is 4.79 Å². The predicted octanol–water partition coefficient (Wildman–Crippen LogP) is 6.18. The van der Waals surface area contributed by atoms with Gasteiger partial charge in [-0.25, -0.2) is 8.42 Å². The van der Waals surface area contributed by atoms with E-state index < -0.39 is 10.0 Å². The average molecular weight is 562 g/mol. The first-order chi connectivity index (χ1) is 15.3. The van der Waals surface area contributed by atoms with E-state index in [1.165, 1.54) is 35.7 Å². The number of carbonyl (C=O) groups is 1. The van der Waals surface area contributed by atoms with Crippen LogP contribution in [0.1, 0.15) is 50.5 Å². The van der Waals surface area contributed by atoms with Crippen molar-refractivity contribution in [3.05, 3.63) is 62.5 Å². The summed E-state index contributed by atoms with van der Waals surface area (Å²) in [7, 11) is -3.93. The van der Waals surface area contributed by atoms with Crippen molar-refractivity contribution in [3.8, 4) is 0 Å². The van der Waals surface area contributed by atoms with E-state index in [2.05, 4.69) is 21.2 Å². The number of nitrogens with one attached hydrogen (secondary N) is 1. The summed E-state index contributed by atoms with van der Waals surface area (Å²) in [5.74, 6) is -0.304. The van der Waals surface area contributed by atoms with Crippen LogP contribution < -0.4 is 5.32 Å². The van der Waals surface area contributed by atoms with Gasteiger partial charge >= 0.3 is 0 Å². The molecule has 1 N–H and O–H groups in total. The second-order valence-corrected chi connectivity index (χ2v) is 11.8. The number of carbonyl (C=O) groups excluding carboxylic acids is 1. The second-order valence-electron chi connectivity index (χ2n) is 8.07. The lowest BCUT2D eigenvalue weighted by Crippen LogP contribution is -2.44. The molecule has 2 aromatic rings. The first kappa shape index (κ1) is 25.5. The Hall–Kier alpha value is -1.12. The minimum atomic E-state index is -3.93. The molecule has 2 aromatic carbocycles. The highest BCUT2D eigenvalue weighted by Crippen LogP contribution is 2.26. The van der Waals surface area contributed by atoms with Crippen LogP contribution in [0.3, 0.4) is 0 Å². The Labute approximate surface area is 208 Å². The van der Waals surface area contributed by atoms with E-state index in [1.807, 2.05) is 0 Å². The summed E-state index contributed by atoms with van der Waals surface area (Å²) in [6.07, 6.45) is 7.58. The van der Waals surface area contributed by atoms with E-state index >= 15 is 0 Å². The Morgan fingerprint density at radius 2 is 1.62 bits per heavy atom. The summed E-state index contributed by atoms with van der Waals surface area (Å²) >= 11 is 15.6. The lowest BCUT2D eigenvalue weighted by Gasteiger charge is -2.25. The molecule has 174 valence electrons. The molecule has 3 rings (SSSR count). The van der Waals surface area contributed by atoms with Gasteiger partial charge in [0.1, 0.15) is 0 Å². The van der Waals surface area contributed by atoms with Crippen molar-refractivity contribution in [2.75, 3.05) is 6.54 Å². The monoisotopic (exact) mass is 560 g/mol. The Morgan fingerprint density at radius 1 is 1.00 bits per heavy atom. The van der Waals surface area contributed by atoms with Crippen LogP contribution in [0.4, 0.5) is 0 Å². The quantitative estimate of drug-likeness (QED) is 0.439. The van der Waals surface area contributed by atoms with E-state index in [9.17, 15) is 13.2 Å². The largest absolute Gasteiger partial charge is 0.352 e. The van der Waals surface area contributed by atoms with Crippen molar-refractivity contribution in [2.24, 2.45) is 0 Å². The third-order valence-corrected chi connectivity index (χ3v) is 8.52. The molecule has 0 heterocycles. The number of halogens is 3. The fraction of sp³-hybridized carbons (Fsp3) is 0.435. The number of nitrogens with zero attached hydrogens (tertiary/aromatic N) is 1. The summed E-state index contributed by atoms with van der Waals surface area (Å²) in [5.41, 5.74) is 0.579. The van der Waals surface area contributed by atoms with Gasteiger partial charge in [0.05, 0.1) is 11.4 Å². The maximum Gasteiger partial charge on any atom is 0.243 e. The van der Waals surface area contributed by atoms with Crippen molar-refractivity contribution in [2.45, 2.75) is 62.4 Å². The summed E-state index contributed by atoms with van der Waals surface area (Å²) in [6.45, 7) is -0.319. The van der Waals surface area contributed by atoms with Crippen LogP contribution in [0.25, 0.3) is 0 Å². The molecule has 0 radical (unpaired) electrons. The number of hydrogen-bond donors (Lipinski definition) is 1. The third kappa shape index (κ3) is 7.19. The van der Waals surface area contributed by atoms with Crippen molar-refractivity contribution in [3.63, 3.8) is 0 Å². The highest BCUT2D eigenvalue weighted by molar-refractivity contribution is 9.10. The van der Waals surface area contributed by atoms with Crippen LogP contribution in [0, 0.1) is 0 Å². The lowest BCUT2D eigenvalue weighted by atomic mass is 9.97. The van der Waals surface area contributed by atoms with Crippen LogP contribution >= 0.6 is 39.1 Å². The van der Waals surface area contributed by atoms with E-state index in [-0.39, 0.29) is 29.9 Å². The van der Waals surface area contributed by atoms with E-state index in [4.69, 9.17) is 23.2 Å². The number of rotatable bonds is 7. The molecule has 0 aromatic heterocycles. The number of benzene rings is 2. The second kappa shape index (κ2) is 11.8. The standard InChI is InChI=1S/C23H27BrCl2N2O3S/c24-18-9-12-21(13-10-18)32(30,31)28(15-17-8-11-19(25)14-22(17)26)16-23(29)27-20-6-4-2-1-3-5-7-20/h8-14,20H,1-7,15-16H2,(H,27,29). The van der Waals surface area contributed by atoms with E-state index in [0.717, 1.165) is 30.2 Å². The van der Waals surface area contributed by atoms with Crippen LogP contribution in [0.5, 0.6) is 0 Å². The Morgan fingerprint density at radius 3 is 2.25 bits per heavy atom. The van der Waals surface area contributed by atoms with Gasteiger partial charge in [-0.2, -0.15) is 4.31 Å². The molecule has 0 aliphatic heterocycles. The van der Waals surface area contributed by atoms with Gasteiger partial charge in [-0.05, 0) is 54.8 Å². The molecule has 1 amide bonds. The van der Waals surface area contributed by atoms with Crippen LogP contribution in [0.2, 0.25) is 10.0 Å². The van der Waals surface area contributed by atoms with Crippen molar-refractivity contribution < 1.29 is 13.2 Å². The van der Waals surface area contributed by atoms with Crippen molar-refractivity contribution >= 4 is 55.1 Å². The van der Waals surface area contributed by atoms with Gasteiger partial charge in [-0.15, -0.1) is 0 Å². The van der Waals surface area contributed by atoms with E-state index in [0.29, 0.717) is 15.6 Å². The van der Waals surface area contributed by atoms with Crippen molar-refractivity contribution in [1.82, 2.24) is 9.62 Å². The van der Waals surface area contributed by atoms with Gasteiger partial charge in [-0.1, -0.05) is 77.3 Å². The molecular weight excluding hydrogens is 535 g/mol. The molecule has 0 atom stereocenters. The summed E-state index contributed by atoms with van der Waals surface area (Å²) in [6, 6.07) is 11.3. The van der Waals surface area contributed by atoms with Crippen LogP contribution in [-0.4, -0.2) is 31.2 Å². The number of sulfonamides is 1. The van der Waals surface area contributed by atoms with Gasteiger partial charge in [0.15, 0.2) is 0 Å². The van der Waals surface area contributed by atoms with E-state index in [1.54, 1.807) is 30.3 Å². The van der Waals surface area contributed by atoms with Gasteiger partial charge < -0.3 is 5.32 Å². The molecule has 0 bridgehead atoms. The van der Waals surface area contributed by atoms with Crippen molar-refractivity contribution in [1.29, 1.82) is 0 Å². The topological polar surface area (TPSA) is 66.5 Å². The molecule has 0 unspecified atom stereocenters. The normalized spacial score (nSPS) is 15.9. The predicted molar refractivity (Wildman–Crippen MR) is 132 cm³/mol.